The summed E-state index contributed by atoms with van der Waals surface area (Å²) in [7, 11) is 0.893. The summed E-state index contributed by atoms with van der Waals surface area (Å²) >= 11 is 0. The zero-order chi connectivity index (χ0) is 24.1. The molecule has 0 amide bonds. The van der Waals surface area contributed by atoms with Crippen molar-refractivity contribution in [2.24, 2.45) is 0 Å². The van der Waals surface area contributed by atoms with Gasteiger partial charge < -0.3 is 18.6 Å². The third-order valence-corrected chi connectivity index (χ3v) is 7.58. The second-order valence-corrected chi connectivity index (χ2v) is 13.1. The molecule has 6 heteroatoms. The maximum absolute atomic E-state index is 9.58. The molecule has 1 aliphatic heterocycles. The molecule has 178 valence electrons. The van der Waals surface area contributed by atoms with Gasteiger partial charge in [0.1, 0.15) is 17.9 Å². The summed E-state index contributed by atoms with van der Waals surface area (Å²) in [6.07, 6.45) is 2.43. The van der Waals surface area contributed by atoms with E-state index in [0.717, 1.165) is 36.0 Å². The summed E-state index contributed by atoms with van der Waals surface area (Å²) < 4.78 is 24.0. The Morgan fingerprint density at radius 2 is 1.73 bits per heavy atom. The van der Waals surface area contributed by atoms with Crippen LogP contribution in [0.4, 0.5) is 0 Å². The molecule has 0 saturated carbocycles. The van der Waals surface area contributed by atoms with E-state index in [1.165, 1.54) is 0 Å². The second kappa shape index (κ2) is 10.8. The van der Waals surface area contributed by atoms with Crippen LogP contribution >= 0.6 is 0 Å². The molecule has 0 aliphatic carbocycles. The van der Waals surface area contributed by atoms with E-state index in [9.17, 15) is 5.26 Å². The van der Waals surface area contributed by atoms with Gasteiger partial charge in [-0.25, -0.2) is 0 Å². The third-order valence-electron chi connectivity index (χ3n) is 5.85. The Morgan fingerprint density at radius 3 is 2.30 bits per heavy atom. The van der Waals surface area contributed by atoms with Crippen molar-refractivity contribution < 1.29 is 18.6 Å². The average molecular weight is 468 g/mol. The highest BCUT2D eigenvalue weighted by molar-refractivity contribution is 6.31. The van der Waals surface area contributed by atoms with E-state index in [-0.39, 0.29) is 23.0 Å². The highest BCUT2D eigenvalue weighted by Crippen LogP contribution is 2.35. The summed E-state index contributed by atoms with van der Waals surface area (Å²) in [5.74, 6) is 0.561. The molecule has 0 radical (unpaired) electrons. The summed E-state index contributed by atoms with van der Waals surface area (Å²) in [6.45, 7) is 11.7. The third kappa shape index (κ3) is 6.91. The largest absolute Gasteiger partial charge is 0.495 e. The summed E-state index contributed by atoms with van der Waals surface area (Å²) in [5.41, 5.74) is 3.22. The molecule has 1 heterocycles. The molecule has 1 saturated heterocycles. The predicted octanol–water partition coefficient (Wildman–Crippen LogP) is 5.75. The lowest BCUT2D eigenvalue weighted by atomic mass is 9.94. The van der Waals surface area contributed by atoms with Gasteiger partial charge in [-0.05, 0) is 67.0 Å². The number of nitriles is 1. The van der Waals surface area contributed by atoms with Gasteiger partial charge in [0.2, 0.25) is 0 Å². The number of methoxy groups -OCH3 is 1. The van der Waals surface area contributed by atoms with E-state index >= 15 is 0 Å². The summed E-state index contributed by atoms with van der Waals surface area (Å²) in [6, 6.07) is 16.3. The smallest absolute Gasteiger partial charge is 0.168 e. The van der Waals surface area contributed by atoms with Crippen molar-refractivity contribution in [2.75, 3.05) is 13.7 Å². The summed E-state index contributed by atoms with van der Waals surface area (Å²) in [5, 5.41) is 9.81. The van der Waals surface area contributed by atoms with Crippen molar-refractivity contribution in [1.82, 2.24) is 0 Å². The predicted molar refractivity (Wildman–Crippen MR) is 133 cm³/mol. The minimum atomic E-state index is -0.681. The zero-order valence-electron chi connectivity index (χ0n) is 20.8. The van der Waals surface area contributed by atoms with Crippen LogP contribution in [0.3, 0.4) is 0 Å². The fourth-order valence-corrected chi connectivity index (χ4v) is 4.80. The first-order valence-corrected chi connectivity index (χ1v) is 13.0. The maximum atomic E-state index is 9.58. The molecule has 0 N–H and O–H groups in total. The van der Waals surface area contributed by atoms with Gasteiger partial charge in [0.05, 0.1) is 18.3 Å². The van der Waals surface area contributed by atoms with Crippen molar-refractivity contribution in [2.45, 2.75) is 76.9 Å². The number of nitrogens with zero attached hydrogens (tertiary/aromatic N) is 1. The quantitative estimate of drug-likeness (QED) is 0.462. The Morgan fingerprint density at radius 1 is 1.03 bits per heavy atom. The number of hydrogen-bond donors (Lipinski definition) is 0. The van der Waals surface area contributed by atoms with E-state index in [1.807, 2.05) is 18.2 Å². The van der Waals surface area contributed by atoms with Crippen LogP contribution in [0.25, 0.3) is 0 Å². The number of hydrogen-bond acceptors (Lipinski definition) is 5. The Kier molecular flexibility index (Phi) is 8.36. The van der Waals surface area contributed by atoms with Crippen molar-refractivity contribution >= 4 is 9.76 Å². The minimum absolute atomic E-state index is 0.239. The molecule has 1 aliphatic rings. The Labute approximate surface area is 201 Å². The number of rotatable bonds is 8. The Balaban J connectivity index is 1.89. The van der Waals surface area contributed by atoms with Gasteiger partial charge in [0.25, 0.3) is 0 Å². The lowest BCUT2D eigenvalue weighted by Gasteiger charge is -2.31. The molecular formula is C27H37NO4Si. The van der Waals surface area contributed by atoms with Crippen LogP contribution in [0, 0.1) is 11.3 Å². The molecule has 2 atom stereocenters. The Bertz CT molecular complexity index is 954. The average Bonchev–Trinajstić information content (AvgIpc) is 2.81. The van der Waals surface area contributed by atoms with Crippen molar-refractivity contribution in [1.29, 1.82) is 5.26 Å². The van der Waals surface area contributed by atoms with E-state index in [0.29, 0.717) is 17.9 Å². The van der Waals surface area contributed by atoms with E-state index < -0.39 is 9.76 Å². The fourth-order valence-electron chi connectivity index (χ4n) is 3.84. The molecule has 0 spiro atoms. The first-order chi connectivity index (χ1) is 15.6. The topological polar surface area (TPSA) is 60.7 Å². The van der Waals surface area contributed by atoms with Crippen molar-refractivity contribution in [3.05, 3.63) is 64.7 Å². The number of benzene rings is 2. The molecule has 33 heavy (non-hydrogen) atoms. The molecule has 2 aromatic rings. The van der Waals surface area contributed by atoms with Crippen LogP contribution in [-0.2, 0) is 19.5 Å². The van der Waals surface area contributed by atoms with Gasteiger partial charge in [0, 0.05) is 6.61 Å². The van der Waals surface area contributed by atoms with E-state index in [4.69, 9.17) is 18.6 Å². The van der Waals surface area contributed by atoms with Crippen LogP contribution in [0.1, 0.15) is 82.2 Å². The van der Waals surface area contributed by atoms with Gasteiger partial charge in [-0.15, -0.1) is 0 Å². The molecule has 1 fully saturated rings. The molecule has 5 nitrogen and oxygen atoms in total. The SMILES string of the molecule is COc1ccc(C(OC2CCCCO2)c2ccc(C(C)(C)O[SiH2]C(C)(C)C)cc2)cc1C#N. The zero-order valence-corrected chi connectivity index (χ0v) is 22.2. The van der Waals surface area contributed by atoms with Crippen molar-refractivity contribution in [3.8, 4) is 11.8 Å². The number of ether oxygens (including phenoxy) is 3. The van der Waals surface area contributed by atoms with Crippen LogP contribution in [0.2, 0.25) is 5.04 Å². The summed E-state index contributed by atoms with van der Waals surface area (Å²) in [4.78, 5) is 0. The maximum Gasteiger partial charge on any atom is 0.168 e. The van der Waals surface area contributed by atoms with Crippen LogP contribution in [0.5, 0.6) is 5.75 Å². The van der Waals surface area contributed by atoms with Gasteiger partial charge in [-0.2, -0.15) is 5.26 Å². The Hall–Kier alpha value is -2.17. The van der Waals surface area contributed by atoms with Gasteiger partial charge in [0.15, 0.2) is 16.1 Å². The van der Waals surface area contributed by atoms with Crippen LogP contribution in [0.15, 0.2) is 42.5 Å². The van der Waals surface area contributed by atoms with E-state index in [2.05, 4.69) is 65.0 Å². The normalized spacial score (nSPS) is 18.3. The molecule has 2 aromatic carbocycles. The second-order valence-electron chi connectivity index (χ2n) is 10.4. The first kappa shape index (κ1) is 25.4. The standard InChI is InChI=1S/C27H37NO4Si/c1-26(2,3)33-32-27(4,5)22-13-10-19(11-14-22)25(31-24-9-7-8-16-30-24)20-12-15-23(29-6)21(17-20)18-28/h10-15,17,24-25H,7-9,16,33H2,1-6H3. The highest BCUT2D eigenvalue weighted by atomic mass is 28.2. The molecule has 0 aromatic heterocycles. The lowest BCUT2D eigenvalue weighted by molar-refractivity contribution is -0.181. The van der Waals surface area contributed by atoms with E-state index in [1.54, 1.807) is 7.11 Å². The van der Waals surface area contributed by atoms with Gasteiger partial charge in [-0.3, -0.25) is 0 Å². The molecule has 3 rings (SSSR count). The minimum Gasteiger partial charge on any atom is -0.495 e. The van der Waals surface area contributed by atoms with Gasteiger partial charge in [-0.1, -0.05) is 51.1 Å². The monoisotopic (exact) mass is 467 g/mol. The highest BCUT2D eigenvalue weighted by Gasteiger charge is 2.27. The van der Waals surface area contributed by atoms with Crippen molar-refractivity contribution in [3.63, 3.8) is 0 Å². The molecule has 0 bridgehead atoms. The molecular weight excluding hydrogens is 430 g/mol. The first-order valence-electron chi connectivity index (χ1n) is 11.7. The molecule has 2 unspecified atom stereocenters. The fraction of sp³-hybridized carbons (Fsp3) is 0.519. The van der Waals surface area contributed by atoms with Crippen LogP contribution < -0.4 is 4.74 Å². The van der Waals surface area contributed by atoms with Crippen LogP contribution in [-0.4, -0.2) is 29.8 Å². The van der Waals surface area contributed by atoms with Gasteiger partial charge >= 0.3 is 0 Å². The lowest BCUT2D eigenvalue weighted by Crippen LogP contribution is -2.28.